The van der Waals surface area contributed by atoms with Crippen LogP contribution in [0.15, 0.2) is 53.7 Å². The van der Waals surface area contributed by atoms with Crippen LogP contribution in [0.4, 0.5) is 5.13 Å². The molecule has 0 spiro atoms. The van der Waals surface area contributed by atoms with Crippen LogP contribution in [0.1, 0.15) is 23.8 Å². The lowest BCUT2D eigenvalue weighted by Crippen LogP contribution is -2.35. The third-order valence-corrected chi connectivity index (χ3v) is 7.19. The van der Waals surface area contributed by atoms with Gasteiger partial charge in [0, 0.05) is 29.9 Å². The molecule has 3 aromatic rings. The van der Waals surface area contributed by atoms with E-state index in [9.17, 15) is 13.2 Å². The molecule has 3 rings (SSSR count). The molecule has 0 saturated heterocycles. The first-order valence-electron chi connectivity index (χ1n) is 9.54. The molecule has 9 heteroatoms. The van der Waals surface area contributed by atoms with Gasteiger partial charge in [-0.05, 0) is 31.0 Å². The maximum Gasteiger partial charge on any atom is 0.244 e. The summed E-state index contributed by atoms with van der Waals surface area (Å²) in [5, 5.41) is 3.15. The molecule has 0 radical (unpaired) electrons. The van der Waals surface area contributed by atoms with Crippen molar-refractivity contribution in [1.82, 2.24) is 14.3 Å². The quantitative estimate of drug-likeness (QED) is 0.572. The van der Waals surface area contributed by atoms with Crippen LogP contribution in [0, 0.1) is 6.92 Å². The molecule has 0 unspecified atom stereocenters. The molecule has 0 bridgehead atoms. The molecular formula is C21H24N4O3S2. The van der Waals surface area contributed by atoms with E-state index in [1.54, 1.807) is 0 Å². The normalized spacial score (nSPS) is 11.6. The van der Waals surface area contributed by atoms with Crippen molar-refractivity contribution in [3.63, 3.8) is 0 Å². The number of rotatable bonds is 8. The Morgan fingerprint density at radius 1 is 1.20 bits per heavy atom. The van der Waals surface area contributed by atoms with E-state index in [1.807, 2.05) is 19.1 Å². The molecular weight excluding hydrogens is 420 g/mol. The first kappa shape index (κ1) is 22.1. The first-order chi connectivity index (χ1) is 14.3. The predicted octanol–water partition coefficient (Wildman–Crippen LogP) is 3.73. The molecule has 0 aliphatic heterocycles. The Kier molecular flexibility index (Phi) is 6.96. The minimum Gasteiger partial charge on any atom is -0.301 e. The van der Waals surface area contributed by atoms with Crippen molar-refractivity contribution in [2.24, 2.45) is 0 Å². The zero-order valence-electron chi connectivity index (χ0n) is 17.1. The van der Waals surface area contributed by atoms with E-state index in [0.717, 1.165) is 33.3 Å². The number of aromatic nitrogens is 2. The van der Waals surface area contributed by atoms with Crippen LogP contribution in [0.25, 0.3) is 11.3 Å². The Morgan fingerprint density at radius 3 is 2.57 bits per heavy atom. The van der Waals surface area contributed by atoms with E-state index >= 15 is 0 Å². The van der Waals surface area contributed by atoms with E-state index in [2.05, 4.69) is 34.3 Å². The molecule has 30 heavy (non-hydrogen) atoms. The lowest BCUT2D eigenvalue weighted by Gasteiger charge is -2.16. The van der Waals surface area contributed by atoms with Crippen LogP contribution in [-0.2, 0) is 21.2 Å². The molecule has 0 aliphatic carbocycles. The molecule has 0 saturated carbocycles. The Hall–Kier alpha value is -2.62. The zero-order valence-corrected chi connectivity index (χ0v) is 18.8. The molecule has 1 aromatic carbocycles. The van der Waals surface area contributed by atoms with Gasteiger partial charge < -0.3 is 5.32 Å². The summed E-state index contributed by atoms with van der Waals surface area (Å²) in [6.45, 7) is 3.77. The Balaban J connectivity index is 1.68. The fraction of sp³-hybridized carbons (Fsp3) is 0.286. The lowest BCUT2D eigenvalue weighted by atomic mass is 10.1. The minimum absolute atomic E-state index is 0.0409. The van der Waals surface area contributed by atoms with Crippen LogP contribution in [0.5, 0.6) is 0 Å². The van der Waals surface area contributed by atoms with Crippen LogP contribution in [0.2, 0.25) is 0 Å². The SMILES string of the molecule is CCCc1ccc(-c2nc(NC(=O)CN(C)S(=O)(=O)c3cccnc3)sc2C)cc1. The van der Waals surface area contributed by atoms with Crippen LogP contribution in [0.3, 0.4) is 0 Å². The van der Waals surface area contributed by atoms with Gasteiger partial charge in [0.05, 0.1) is 12.2 Å². The van der Waals surface area contributed by atoms with Crippen molar-refractivity contribution in [2.45, 2.75) is 31.6 Å². The number of pyridine rings is 1. The Bertz CT molecular complexity index is 1110. The third kappa shape index (κ3) is 5.10. The van der Waals surface area contributed by atoms with E-state index in [0.29, 0.717) is 5.13 Å². The van der Waals surface area contributed by atoms with Gasteiger partial charge in [-0.3, -0.25) is 9.78 Å². The molecule has 158 valence electrons. The summed E-state index contributed by atoms with van der Waals surface area (Å²) in [4.78, 5) is 21.8. The fourth-order valence-corrected chi connectivity index (χ4v) is 4.91. The standard InChI is InChI=1S/C21H24N4O3S2/c1-4-6-16-8-10-17(11-9-16)20-15(2)29-21(24-20)23-19(26)14-25(3)30(27,28)18-7-5-12-22-13-18/h5,7-13H,4,6,14H2,1-3H3,(H,23,24,26). The number of nitrogens with one attached hydrogen (secondary N) is 1. The highest BCUT2D eigenvalue weighted by Gasteiger charge is 2.23. The number of benzene rings is 1. The second-order valence-electron chi connectivity index (χ2n) is 6.87. The average molecular weight is 445 g/mol. The maximum absolute atomic E-state index is 12.5. The van der Waals surface area contributed by atoms with Crippen molar-refractivity contribution in [2.75, 3.05) is 18.9 Å². The second kappa shape index (κ2) is 9.46. The van der Waals surface area contributed by atoms with Crippen LogP contribution in [-0.4, -0.2) is 42.2 Å². The molecule has 0 fully saturated rings. The van der Waals surface area contributed by atoms with Gasteiger partial charge in [0.1, 0.15) is 4.90 Å². The number of nitrogens with zero attached hydrogens (tertiary/aromatic N) is 3. The fourth-order valence-electron chi connectivity index (χ4n) is 2.96. The number of aryl methyl sites for hydroxylation is 2. The molecule has 1 amide bonds. The number of likely N-dealkylation sites (N-methyl/N-ethyl adjacent to an activating group) is 1. The number of carbonyl (C=O) groups excluding carboxylic acids is 1. The summed E-state index contributed by atoms with van der Waals surface area (Å²) >= 11 is 1.36. The highest BCUT2D eigenvalue weighted by molar-refractivity contribution is 7.89. The number of sulfonamides is 1. The van der Waals surface area contributed by atoms with Gasteiger partial charge in [0.15, 0.2) is 5.13 Å². The van der Waals surface area contributed by atoms with E-state index in [1.165, 1.54) is 48.5 Å². The number of hydrogen-bond donors (Lipinski definition) is 1. The topological polar surface area (TPSA) is 92.3 Å². The summed E-state index contributed by atoms with van der Waals surface area (Å²) in [5.74, 6) is -0.455. The number of anilines is 1. The number of hydrogen-bond acceptors (Lipinski definition) is 6. The van der Waals surface area contributed by atoms with E-state index in [4.69, 9.17) is 0 Å². The number of carbonyl (C=O) groups is 1. The Labute approximate surface area is 180 Å². The van der Waals surface area contributed by atoms with Gasteiger partial charge in [0.25, 0.3) is 0 Å². The largest absolute Gasteiger partial charge is 0.301 e. The molecule has 0 atom stereocenters. The van der Waals surface area contributed by atoms with Crippen molar-refractivity contribution >= 4 is 32.4 Å². The summed E-state index contributed by atoms with van der Waals surface area (Å²) in [6.07, 6.45) is 4.88. The van der Waals surface area contributed by atoms with Gasteiger partial charge in [-0.1, -0.05) is 37.6 Å². The molecule has 7 nitrogen and oxygen atoms in total. The van der Waals surface area contributed by atoms with Gasteiger partial charge in [-0.2, -0.15) is 4.31 Å². The summed E-state index contributed by atoms with van der Waals surface area (Å²) in [6, 6.07) is 11.2. The van der Waals surface area contributed by atoms with Gasteiger partial charge in [-0.15, -0.1) is 11.3 Å². The summed E-state index contributed by atoms with van der Waals surface area (Å²) in [5.41, 5.74) is 3.08. The maximum atomic E-state index is 12.5. The molecule has 1 N–H and O–H groups in total. The smallest absolute Gasteiger partial charge is 0.244 e. The lowest BCUT2D eigenvalue weighted by molar-refractivity contribution is -0.116. The summed E-state index contributed by atoms with van der Waals surface area (Å²) < 4.78 is 26.1. The average Bonchev–Trinajstić information content (AvgIpc) is 3.09. The second-order valence-corrected chi connectivity index (χ2v) is 10.1. The van der Waals surface area contributed by atoms with Crippen molar-refractivity contribution in [3.05, 3.63) is 59.2 Å². The van der Waals surface area contributed by atoms with E-state index in [-0.39, 0.29) is 11.4 Å². The number of thiazole rings is 1. The van der Waals surface area contributed by atoms with E-state index < -0.39 is 15.9 Å². The summed E-state index contributed by atoms with van der Waals surface area (Å²) in [7, 11) is -2.43. The first-order valence-corrected chi connectivity index (χ1v) is 11.8. The van der Waals surface area contributed by atoms with Crippen LogP contribution >= 0.6 is 11.3 Å². The monoisotopic (exact) mass is 444 g/mol. The van der Waals surface area contributed by atoms with Crippen LogP contribution < -0.4 is 5.32 Å². The Morgan fingerprint density at radius 2 is 1.93 bits per heavy atom. The number of amides is 1. The minimum atomic E-state index is -3.79. The van der Waals surface area contributed by atoms with Gasteiger partial charge >= 0.3 is 0 Å². The molecule has 0 aliphatic rings. The van der Waals surface area contributed by atoms with Crippen molar-refractivity contribution < 1.29 is 13.2 Å². The third-order valence-electron chi connectivity index (χ3n) is 4.52. The zero-order chi connectivity index (χ0) is 21.7. The van der Waals surface area contributed by atoms with Gasteiger partial charge in [0.2, 0.25) is 15.9 Å². The highest BCUT2D eigenvalue weighted by atomic mass is 32.2. The van der Waals surface area contributed by atoms with Crippen molar-refractivity contribution in [1.29, 1.82) is 0 Å². The molecule has 2 heterocycles. The van der Waals surface area contributed by atoms with Crippen molar-refractivity contribution in [3.8, 4) is 11.3 Å². The predicted molar refractivity (Wildman–Crippen MR) is 119 cm³/mol. The molecule has 2 aromatic heterocycles. The highest BCUT2D eigenvalue weighted by Crippen LogP contribution is 2.30. The van der Waals surface area contributed by atoms with Gasteiger partial charge in [-0.25, -0.2) is 13.4 Å².